The van der Waals surface area contributed by atoms with E-state index in [1.54, 1.807) is 0 Å². The summed E-state index contributed by atoms with van der Waals surface area (Å²) in [7, 11) is 0. The number of hydrogen-bond donors (Lipinski definition) is 0. The van der Waals surface area contributed by atoms with Crippen LogP contribution in [0.3, 0.4) is 0 Å². The number of nitrogens with zero attached hydrogens (tertiary/aromatic N) is 3. The molecule has 2 aromatic heterocycles. The molecule has 0 aliphatic rings. The summed E-state index contributed by atoms with van der Waals surface area (Å²) >= 11 is 0. The summed E-state index contributed by atoms with van der Waals surface area (Å²) in [6, 6.07) is 26.4. The fourth-order valence-corrected chi connectivity index (χ4v) is 3.22. The monoisotopic (exact) mass is 345 g/mol. The molecule has 0 unspecified atom stereocenters. The average Bonchev–Trinajstić information content (AvgIpc) is 3.18. The van der Waals surface area contributed by atoms with Crippen LogP contribution in [0, 0.1) is 11.8 Å². The normalized spacial score (nSPS) is 10.7. The molecule has 0 bridgehead atoms. The van der Waals surface area contributed by atoms with E-state index in [9.17, 15) is 0 Å². The lowest BCUT2D eigenvalue weighted by molar-refractivity contribution is 1.10. The predicted octanol–water partition coefficient (Wildman–Crippen LogP) is 4.97. The van der Waals surface area contributed by atoms with Crippen molar-refractivity contribution in [1.82, 2.24) is 14.5 Å². The van der Waals surface area contributed by atoms with Gasteiger partial charge in [-0.2, -0.15) is 0 Å². The van der Waals surface area contributed by atoms with Crippen LogP contribution in [0.1, 0.15) is 11.1 Å². The van der Waals surface area contributed by atoms with E-state index in [1.807, 2.05) is 73.2 Å². The molecule has 5 aromatic rings. The quantitative estimate of drug-likeness (QED) is 0.401. The molecule has 0 saturated heterocycles. The van der Waals surface area contributed by atoms with Crippen LogP contribution < -0.4 is 0 Å². The van der Waals surface area contributed by atoms with Crippen LogP contribution in [0.4, 0.5) is 0 Å². The highest BCUT2D eigenvalue weighted by atomic mass is 15.1. The van der Waals surface area contributed by atoms with Gasteiger partial charge < -0.3 is 0 Å². The number of imidazole rings is 1. The third-order valence-corrected chi connectivity index (χ3v) is 4.53. The van der Waals surface area contributed by atoms with Gasteiger partial charge in [-0.25, -0.2) is 4.98 Å². The Bertz CT molecular complexity index is 1310. The fraction of sp³-hybridized carbons (Fsp3) is 0. The summed E-state index contributed by atoms with van der Waals surface area (Å²) in [4.78, 5) is 9.08. The molecule has 0 spiro atoms. The third kappa shape index (κ3) is 2.84. The van der Waals surface area contributed by atoms with Crippen molar-refractivity contribution in [2.75, 3.05) is 0 Å². The molecule has 3 aromatic carbocycles. The highest BCUT2D eigenvalue weighted by molar-refractivity contribution is 6.03. The zero-order valence-electron chi connectivity index (χ0n) is 14.5. The minimum atomic E-state index is 0.875. The highest BCUT2D eigenvalue weighted by Crippen LogP contribution is 2.26. The topological polar surface area (TPSA) is 30.7 Å². The van der Waals surface area contributed by atoms with Gasteiger partial charge in [0.2, 0.25) is 0 Å². The molecule has 126 valence electrons. The molecule has 0 amide bonds. The van der Waals surface area contributed by atoms with E-state index in [0.29, 0.717) is 0 Å². The van der Waals surface area contributed by atoms with Gasteiger partial charge in [-0.15, -0.1) is 0 Å². The molecular formula is C24H15N3. The first-order chi connectivity index (χ1) is 13.4. The molecule has 0 saturated carbocycles. The van der Waals surface area contributed by atoms with Crippen LogP contribution in [0.25, 0.3) is 27.6 Å². The first-order valence-electron chi connectivity index (χ1n) is 8.77. The molecule has 0 atom stereocenters. The summed E-state index contributed by atoms with van der Waals surface area (Å²) in [5.74, 6) is 6.48. The van der Waals surface area contributed by atoms with E-state index in [4.69, 9.17) is 0 Å². The Morgan fingerprint density at radius 1 is 0.667 bits per heavy atom. The highest BCUT2D eigenvalue weighted by Gasteiger charge is 2.10. The van der Waals surface area contributed by atoms with Crippen molar-refractivity contribution in [3.63, 3.8) is 0 Å². The van der Waals surface area contributed by atoms with Crippen LogP contribution in [0.15, 0.2) is 91.4 Å². The van der Waals surface area contributed by atoms with Crippen LogP contribution >= 0.6 is 0 Å². The van der Waals surface area contributed by atoms with E-state index < -0.39 is 0 Å². The zero-order valence-corrected chi connectivity index (χ0v) is 14.5. The number of hydrogen-bond acceptors (Lipinski definition) is 2. The summed E-state index contributed by atoms with van der Waals surface area (Å²) in [5.41, 5.74) is 5.90. The summed E-state index contributed by atoms with van der Waals surface area (Å²) in [6.45, 7) is 0. The van der Waals surface area contributed by atoms with Gasteiger partial charge in [0.1, 0.15) is 11.8 Å². The Hall–Kier alpha value is -3.90. The second-order valence-corrected chi connectivity index (χ2v) is 6.29. The van der Waals surface area contributed by atoms with Gasteiger partial charge >= 0.3 is 0 Å². The van der Waals surface area contributed by atoms with Gasteiger partial charge in [0.05, 0.1) is 17.2 Å². The Labute approximate surface area is 156 Å². The fourth-order valence-electron chi connectivity index (χ4n) is 3.22. The van der Waals surface area contributed by atoms with E-state index >= 15 is 0 Å². The first kappa shape index (κ1) is 15.4. The Morgan fingerprint density at radius 2 is 1.41 bits per heavy atom. The lowest BCUT2D eigenvalue weighted by Gasteiger charge is -2.06. The van der Waals surface area contributed by atoms with Crippen LogP contribution in [0.5, 0.6) is 0 Å². The SMILES string of the molecule is C(#Cc1ccc2ncc3ncn(-c4ccccc4)c3c2c1)c1ccccc1. The standard InChI is InChI=1S/C24H15N3/c1-3-7-18(8-4-1)11-12-19-13-14-22-21(15-19)24-23(16-25-22)26-17-27(24)20-9-5-2-6-10-20/h1-10,13-17H. The van der Waals surface area contributed by atoms with Crippen molar-refractivity contribution in [2.24, 2.45) is 0 Å². The van der Waals surface area contributed by atoms with Gasteiger partial charge in [-0.3, -0.25) is 9.55 Å². The molecule has 0 N–H and O–H groups in total. The lowest BCUT2D eigenvalue weighted by Crippen LogP contribution is -1.93. The minimum absolute atomic E-state index is 0.875. The molecular weight excluding hydrogens is 330 g/mol. The molecule has 2 heterocycles. The van der Waals surface area contributed by atoms with Crippen molar-refractivity contribution in [2.45, 2.75) is 0 Å². The van der Waals surface area contributed by atoms with Crippen LogP contribution in [0.2, 0.25) is 0 Å². The number of pyridine rings is 1. The molecule has 27 heavy (non-hydrogen) atoms. The van der Waals surface area contributed by atoms with Gasteiger partial charge in [0.25, 0.3) is 0 Å². The number of rotatable bonds is 1. The summed E-state index contributed by atoms with van der Waals surface area (Å²) in [5, 5.41) is 1.05. The van der Waals surface area contributed by atoms with Crippen LogP contribution in [-0.2, 0) is 0 Å². The molecule has 3 nitrogen and oxygen atoms in total. The van der Waals surface area contributed by atoms with Gasteiger partial charge in [-0.05, 0) is 42.5 Å². The predicted molar refractivity (Wildman–Crippen MR) is 109 cm³/mol. The Balaban J connectivity index is 1.71. The lowest BCUT2D eigenvalue weighted by atomic mass is 10.1. The second-order valence-electron chi connectivity index (χ2n) is 6.29. The van der Waals surface area contributed by atoms with Gasteiger partial charge in [-0.1, -0.05) is 48.2 Å². The number of aromatic nitrogens is 3. The maximum Gasteiger partial charge on any atom is 0.108 e. The molecule has 0 aliphatic heterocycles. The Morgan fingerprint density at radius 3 is 2.22 bits per heavy atom. The number of fused-ring (bicyclic) bond motifs is 3. The smallest absolute Gasteiger partial charge is 0.108 e. The molecule has 0 radical (unpaired) electrons. The van der Waals surface area contributed by atoms with E-state index in [2.05, 4.69) is 44.6 Å². The van der Waals surface area contributed by atoms with Crippen molar-refractivity contribution >= 4 is 21.9 Å². The third-order valence-electron chi connectivity index (χ3n) is 4.53. The van der Waals surface area contributed by atoms with E-state index in [1.165, 1.54) is 0 Å². The maximum atomic E-state index is 4.55. The molecule has 3 heteroatoms. The van der Waals surface area contributed by atoms with Crippen molar-refractivity contribution in [3.8, 4) is 17.5 Å². The van der Waals surface area contributed by atoms with Crippen molar-refractivity contribution in [1.29, 1.82) is 0 Å². The Kier molecular flexibility index (Phi) is 3.66. The largest absolute Gasteiger partial charge is 0.298 e. The minimum Gasteiger partial charge on any atom is -0.298 e. The first-order valence-corrected chi connectivity index (χ1v) is 8.77. The van der Waals surface area contributed by atoms with Gasteiger partial charge in [0.15, 0.2) is 0 Å². The summed E-state index contributed by atoms with van der Waals surface area (Å²) in [6.07, 6.45) is 3.68. The average molecular weight is 345 g/mol. The van der Waals surface area contributed by atoms with Crippen molar-refractivity contribution in [3.05, 3.63) is 103 Å². The number of benzene rings is 3. The molecule has 0 fully saturated rings. The number of para-hydroxylation sites is 1. The zero-order chi connectivity index (χ0) is 18.1. The second kappa shape index (κ2) is 6.44. The van der Waals surface area contributed by atoms with Crippen LogP contribution in [-0.4, -0.2) is 14.5 Å². The van der Waals surface area contributed by atoms with E-state index in [-0.39, 0.29) is 0 Å². The summed E-state index contributed by atoms with van der Waals surface area (Å²) < 4.78 is 2.10. The molecule has 5 rings (SSSR count). The maximum absolute atomic E-state index is 4.55. The van der Waals surface area contributed by atoms with Crippen molar-refractivity contribution < 1.29 is 0 Å². The molecule has 0 aliphatic carbocycles. The van der Waals surface area contributed by atoms with E-state index in [0.717, 1.165) is 38.8 Å². The van der Waals surface area contributed by atoms with Gasteiger partial charge in [0, 0.05) is 22.2 Å².